The molecule has 1 aromatic heterocycles. The highest BCUT2D eigenvalue weighted by molar-refractivity contribution is 5.97. The summed E-state index contributed by atoms with van der Waals surface area (Å²) in [4.78, 5) is 50.4. The Bertz CT molecular complexity index is 667. The first-order valence-corrected chi connectivity index (χ1v) is 8.41. The van der Waals surface area contributed by atoms with Gasteiger partial charge in [0, 0.05) is 39.4 Å². The molecule has 2 heterocycles. The van der Waals surface area contributed by atoms with Gasteiger partial charge < -0.3 is 20.9 Å². The number of ketones is 1. The van der Waals surface area contributed by atoms with E-state index in [0.717, 1.165) is 12.8 Å². The number of aromatic nitrogens is 1. The van der Waals surface area contributed by atoms with Crippen molar-refractivity contribution in [1.82, 2.24) is 15.2 Å². The predicted molar refractivity (Wildman–Crippen MR) is 90.9 cm³/mol. The molecule has 0 bridgehead atoms. The van der Waals surface area contributed by atoms with E-state index in [1.807, 2.05) is 0 Å². The first-order valence-electron chi connectivity index (χ1n) is 8.41. The summed E-state index contributed by atoms with van der Waals surface area (Å²) in [5.74, 6) is -0.558. The number of aromatic amines is 1. The van der Waals surface area contributed by atoms with Gasteiger partial charge in [0.15, 0.2) is 5.78 Å². The molecular formula is C17H24N4O4. The lowest BCUT2D eigenvalue weighted by Crippen LogP contribution is -2.30. The average Bonchev–Trinajstić information content (AvgIpc) is 3.21. The number of nitrogens with two attached hydrogens (primary N) is 1. The summed E-state index contributed by atoms with van der Waals surface area (Å²) in [6, 6.07) is 3.17. The molecule has 1 fully saturated rings. The lowest BCUT2D eigenvalue weighted by atomic mass is 10.1. The Kier molecular flexibility index (Phi) is 6.32. The second-order valence-electron chi connectivity index (χ2n) is 6.35. The van der Waals surface area contributed by atoms with Crippen molar-refractivity contribution >= 4 is 23.5 Å². The zero-order valence-electron chi connectivity index (χ0n) is 14.3. The van der Waals surface area contributed by atoms with Crippen LogP contribution in [0.3, 0.4) is 0 Å². The topological polar surface area (TPSA) is 125 Å². The van der Waals surface area contributed by atoms with E-state index >= 15 is 0 Å². The van der Waals surface area contributed by atoms with E-state index in [2.05, 4.69) is 10.3 Å². The Morgan fingerprint density at radius 3 is 2.60 bits per heavy atom. The van der Waals surface area contributed by atoms with Crippen LogP contribution >= 0.6 is 0 Å². The van der Waals surface area contributed by atoms with Crippen LogP contribution in [-0.4, -0.2) is 53.0 Å². The molecule has 8 nitrogen and oxygen atoms in total. The van der Waals surface area contributed by atoms with Crippen molar-refractivity contribution in [3.8, 4) is 0 Å². The predicted octanol–water partition coefficient (Wildman–Crippen LogP) is 0.451. The van der Waals surface area contributed by atoms with Crippen LogP contribution in [0, 0.1) is 5.92 Å². The van der Waals surface area contributed by atoms with Gasteiger partial charge in [-0.1, -0.05) is 0 Å². The van der Waals surface area contributed by atoms with Crippen molar-refractivity contribution in [2.24, 2.45) is 11.7 Å². The Morgan fingerprint density at radius 2 is 1.96 bits per heavy atom. The molecule has 1 aliphatic heterocycles. The third-order valence-electron chi connectivity index (χ3n) is 4.37. The molecule has 0 aliphatic carbocycles. The number of carbonyl (C=O) groups is 4. The molecule has 136 valence electrons. The quantitative estimate of drug-likeness (QED) is 0.590. The second-order valence-corrected chi connectivity index (χ2v) is 6.35. The van der Waals surface area contributed by atoms with Crippen LogP contribution in [0.2, 0.25) is 0 Å². The highest BCUT2D eigenvalue weighted by Crippen LogP contribution is 2.20. The van der Waals surface area contributed by atoms with Crippen molar-refractivity contribution < 1.29 is 19.2 Å². The molecule has 0 aromatic carbocycles. The number of likely N-dealkylation sites (tertiary alicyclic amines) is 1. The molecule has 0 saturated carbocycles. The van der Waals surface area contributed by atoms with E-state index in [9.17, 15) is 19.2 Å². The molecule has 2 rings (SSSR count). The van der Waals surface area contributed by atoms with Crippen molar-refractivity contribution in [2.45, 2.75) is 32.6 Å². The van der Waals surface area contributed by atoms with E-state index in [4.69, 9.17) is 5.73 Å². The fraction of sp³-hybridized carbons (Fsp3) is 0.529. The fourth-order valence-electron chi connectivity index (χ4n) is 2.90. The number of hydrogen-bond acceptors (Lipinski definition) is 4. The molecule has 0 radical (unpaired) electrons. The Balaban J connectivity index is 1.70. The smallest absolute Gasteiger partial charge is 0.267 e. The highest BCUT2D eigenvalue weighted by Gasteiger charge is 2.26. The lowest BCUT2D eigenvalue weighted by molar-refractivity contribution is -0.132. The standard InChI is InChI=1S/C17H24N4O4/c1-11(22)13-2-3-14(20-13)17(25)19-8-6-12-7-9-21(10-12)16(24)5-4-15(18)23/h2-3,12,20H,4-10H2,1H3,(H2,18,23)(H,19,25). The average molecular weight is 348 g/mol. The fourth-order valence-corrected chi connectivity index (χ4v) is 2.90. The van der Waals surface area contributed by atoms with Gasteiger partial charge in [-0.2, -0.15) is 0 Å². The lowest BCUT2D eigenvalue weighted by Gasteiger charge is -2.16. The molecule has 25 heavy (non-hydrogen) atoms. The molecule has 1 aromatic rings. The number of hydrogen-bond donors (Lipinski definition) is 3. The summed E-state index contributed by atoms with van der Waals surface area (Å²) < 4.78 is 0. The first-order chi connectivity index (χ1) is 11.9. The van der Waals surface area contributed by atoms with Gasteiger partial charge in [-0.25, -0.2) is 0 Å². The van der Waals surface area contributed by atoms with E-state index in [1.54, 1.807) is 17.0 Å². The number of nitrogens with zero attached hydrogens (tertiary/aromatic N) is 1. The summed E-state index contributed by atoms with van der Waals surface area (Å²) >= 11 is 0. The van der Waals surface area contributed by atoms with Crippen molar-refractivity contribution in [3.05, 3.63) is 23.5 Å². The molecule has 1 unspecified atom stereocenters. The zero-order chi connectivity index (χ0) is 18.4. The van der Waals surface area contributed by atoms with Gasteiger partial charge in [0.1, 0.15) is 5.69 Å². The molecule has 0 spiro atoms. The number of H-pyrrole nitrogens is 1. The molecule has 1 aliphatic rings. The minimum Gasteiger partial charge on any atom is -0.370 e. The molecule has 1 saturated heterocycles. The van der Waals surface area contributed by atoms with Crippen molar-refractivity contribution in [3.63, 3.8) is 0 Å². The third-order valence-corrected chi connectivity index (χ3v) is 4.37. The van der Waals surface area contributed by atoms with Crippen LogP contribution in [0.25, 0.3) is 0 Å². The van der Waals surface area contributed by atoms with E-state index in [1.165, 1.54) is 6.92 Å². The molecular weight excluding hydrogens is 324 g/mol. The molecule has 3 amide bonds. The maximum absolute atomic E-state index is 12.0. The van der Waals surface area contributed by atoms with Gasteiger partial charge in [-0.3, -0.25) is 19.2 Å². The van der Waals surface area contributed by atoms with Crippen LogP contribution in [0.1, 0.15) is 53.6 Å². The van der Waals surface area contributed by atoms with Crippen LogP contribution in [0.4, 0.5) is 0 Å². The summed E-state index contributed by atoms with van der Waals surface area (Å²) in [7, 11) is 0. The monoisotopic (exact) mass is 348 g/mol. The van der Waals surface area contributed by atoms with Crippen LogP contribution in [-0.2, 0) is 9.59 Å². The van der Waals surface area contributed by atoms with Crippen LogP contribution in [0.15, 0.2) is 12.1 Å². The minimum absolute atomic E-state index is 0.0477. The van der Waals surface area contributed by atoms with Gasteiger partial charge in [0.05, 0.1) is 5.69 Å². The van der Waals surface area contributed by atoms with Gasteiger partial charge in [0.2, 0.25) is 11.8 Å². The van der Waals surface area contributed by atoms with Crippen molar-refractivity contribution in [2.75, 3.05) is 19.6 Å². The van der Waals surface area contributed by atoms with E-state index in [0.29, 0.717) is 36.9 Å². The number of primary amides is 1. The zero-order valence-corrected chi connectivity index (χ0v) is 14.3. The van der Waals surface area contributed by atoms with Gasteiger partial charge >= 0.3 is 0 Å². The number of rotatable bonds is 8. The van der Waals surface area contributed by atoms with Crippen LogP contribution < -0.4 is 11.1 Å². The SMILES string of the molecule is CC(=O)c1ccc(C(=O)NCCC2CCN(C(=O)CCC(N)=O)C2)[nH]1. The summed E-state index contributed by atoms with van der Waals surface area (Å²) in [6.45, 7) is 3.25. The number of carbonyl (C=O) groups excluding carboxylic acids is 4. The largest absolute Gasteiger partial charge is 0.370 e. The Morgan fingerprint density at radius 1 is 1.24 bits per heavy atom. The molecule has 4 N–H and O–H groups in total. The van der Waals surface area contributed by atoms with Gasteiger partial charge in [-0.15, -0.1) is 0 Å². The van der Waals surface area contributed by atoms with E-state index in [-0.39, 0.29) is 30.4 Å². The highest BCUT2D eigenvalue weighted by atomic mass is 16.2. The van der Waals surface area contributed by atoms with Crippen LogP contribution in [0.5, 0.6) is 0 Å². The minimum atomic E-state index is -0.468. The molecule has 8 heteroatoms. The summed E-state index contributed by atoms with van der Waals surface area (Å²) in [5.41, 5.74) is 5.83. The summed E-state index contributed by atoms with van der Waals surface area (Å²) in [5, 5.41) is 2.82. The Hall–Kier alpha value is -2.64. The number of amides is 3. The molecule has 1 atom stereocenters. The van der Waals surface area contributed by atoms with E-state index < -0.39 is 5.91 Å². The van der Waals surface area contributed by atoms with Gasteiger partial charge in [-0.05, 0) is 30.9 Å². The number of Topliss-reactive ketones (excluding diaryl/α,β-unsaturated/α-hetero) is 1. The normalized spacial score (nSPS) is 16.7. The van der Waals surface area contributed by atoms with Crippen molar-refractivity contribution in [1.29, 1.82) is 0 Å². The number of nitrogens with one attached hydrogen (secondary N) is 2. The first kappa shape index (κ1) is 18.7. The Labute approximate surface area is 146 Å². The maximum atomic E-state index is 12.0. The van der Waals surface area contributed by atoms with Gasteiger partial charge in [0.25, 0.3) is 5.91 Å². The summed E-state index contributed by atoms with van der Waals surface area (Å²) in [6.07, 6.45) is 1.89. The third kappa shape index (κ3) is 5.44. The maximum Gasteiger partial charge on any atom is 0.267 e. The second kappa shape index (κ2) is 8.46.